The second kappa shape index (κ2) is 5.25. The summed E-state index contributed by atoms with van der Waals surface area (Å²) in [6.45, 7) is 0.901. The summed E-state index contributed by atoms with van der Waals surface area (Å²) in [5, 5.41) is 5.94. The lowest BCUT2D eigenvalue weighted by atomic mass is 10.1. The molecule has 2 aromatic rings. The van der Waals surface area contributed by atoms with Gasteiger partial charge in [0, 0.05) is 23.5 Å². The molecule has 102 valence electrons. The van der Waals surface area contributed by atoms with Gasteiger partial charge in [-0.2, -0.15) is 0 Å². The van der Waals surface area contributed by atoms with Crippen LogP contribution in [0.3, 0.4) is 0 Å². The zero-order chi connectivity index (χ0) is 14.1. The molecule has 1 aliphatic rings. The van der Waals surface area contributed by atoms with Crippen LogP contribution in [-0.2, 0) is 6.42 Å². The van der Waals surface area contributed by atoms with Crippen LogP contribution >= 0.6 is 15.9 Å². The van der Waals surface area contributed by atoms with E-state index < -0.39 is 5.82 Å². The third-order valence-corrected chi connectivity index (χ3v) is 3.90. The molecule has 3 nitrogen and oxygen atoms in total. The predicted octanol–water partition coefficient (Wildman–Crippen LogP) is 3.81. The van der Waals surface area contributed by atoms with Crippen molar-refractivity contribution >= 4 is 33.2 Å². The summed E-state index contributed by atoms with van der Waals surface area (Å²) in [6.07, 6.45) is 0.920. The first-order chi connectivity index (χ1) is 9.63. The number of fused-ring (bicyclic) bond motifs is 1. The monoisotopic (exact) mass is 334 g/mol. The summed E-state index contributed by atoms with van der Waals surface area (Å²) < 4.78 is 13.8. The van der Waals surface area contributed by atoms with Crippen LogP contribution in [0.4, 0.5) is 15.8 Å². The maximum absolute atomic E-state index is 13.4. The van der Waals surface area contributed by atoms with Crippen molar-refractivity contribution in [1.82, 2.24) is 0 Å². The first kappa shape index (κ1) is 13.1. The fourth-order valence-corrected chi connectivity index (χ4v) is 2.47. The second-order valence-corrected chi connectivity index (χ2v) is 5.49. The smallest absolute Gasteiger partial charge is 0.255 e. The molecule has 1 aliphatic heterocycles. The predicted molar refractivity (Wildman–Crippen MR) is 80.7 cm³/mol. The molecule has 0 radical (unpaired) electrons. The normalized spacial score (nSPS) is 12.7. The third-order valence-electron chi connectivity index (χ3n) is 3.25. The molecule has 0 bridgehead atoms. The summed E-state index contributed by atoms with van der Waals surface area (Å²) >= 11 is 3.08. The van der Waals surface area contributed by atoms with E-state index in [9.17, 15) is 9.18 Å². The number of rotatable bonds is 2. The van der Waals surface area contributed by atoms with Crippen molar-refractivity contribution in [2.45, 2.75) is 6.42 Å². The quantitative estimate of drug-likeness (QED) is 0.876. The van der Waals surface area contributed by atoms with E-state index in [4.69, 9.17) is 0 Å². The third kappa shape index (κ3) is 2.54. The van der Waals surface area contributed by atoms with Crippen molar-refractivity contribution in [3.05, 3.63) is 57.8 Å². The molecule has 0 saturated heterocycles. The van der Waals surface area contributed by atoms with Crippen LogP contribution in [0.2, 0.25) is 0 Å². The maximum atomic E-state index is 13.4. The molecule has 0 spiro atoms. The molecule has 2 aromatic carbocycles. The first-order valence-electron chi connectivity index (χ1n) is 6.27. The number of carbonyl (C=O) groups excluding carboxylic acids is 1. The maximum Gasteiger partial charge on any atom is 0.255 e. The minimum atomic E-state index is -0.402. The van der Waals surface area contributed by atoms with Crippen molar-refractivity contribution in [3.63, 3.8) is 0 Å². The summed E-state index contributed by atoms with van der Waals surface area (Å²) in [5.41, 5.74) is 3.24. The molecule has 1 heterocycles. The fraction of sp³-hybridized carbons (Fsp3) is 0.133. The number of carbonyl (C=O) groups is 1. The summed E-state index contributed by atoms with van der Waals surface area (Å²) in [6, 6.07) is 10.1. The highest BCUT2D eigenvalue weighted by Gasteiger charge is 2.14. The van der Waals surface area contributed by atoms with Crippen LogP contribution < -0.4 is 10.6 Å². The molecule has 3 rings (SSSR count). The Bertz CT molecular complexity index is 688. The number of halogens is 2. The number of benzene rings is 2. The Morgan fingerprint density at radius 2 is 2.10 bits per heavy atom. The van der Waals surface area contributed by atoms with Crippen LogP contribution in [-0.4, -0.2) is 12.5 Å². The molecule has 0 atom stereocenters. The van der Waals surface area contributed by atoms with E-state index in [-0.39, 0.29) is 5.91 Å². The van der Waals surface area contributed by atoms with E-state index >= 15 is 0 Å². The van der Waals surface area contributed by atoms with Gasteiger partial charge < -0.3 is 10.6 Å². The molecule has 1 amide bonds. The molecular formula is C15H12BrFN2O. The Balaban J connectivity index is 1.80. The van der Waals surface area contributed by atoms with E-state index in [2.05, 4.69) is 26.6 Å². The summed E-state index contributed by atoms with van der Waals surface area (Å²) in [5.74, 6) is -0.637. The average Bonchev–Trinajstić information content (AvgIpc) is 2.90. The van der Waals surface area contributed by atoms with E-state index in [0.29, 0.717) is 15.7 Å². The van der Waals surface area contributed by atoms with Crippen LogP contribution in [0, 0.1) is 5.82 Å². The van der Waals surface area contributed by atoms with Crippen LogP contribution in [0.1, 0.15) is 15.9 Å². The lowest BCUT2D eigenvalue weighted by Gasteiger charge is -2.07. The first-order valence-corrected chi connectivity index (χ1v) is 7.06. The molecule has 0 unspecified atom stereocenters. The molecule has 0 saturated carbocycles. The van der Waals surface area contributed by atoms with Gasteiger partial charge in [0.1, 0.15) is 5.82 Å². The van der Waals surface area contributed by atoms with Gasteiger partial charge in [0.15, 0.2) is 0 Å². The highest BCUT2D eigenvalue weighted by molar-refractivity contribution is 9.10. The molecule has 0 fully saturated rings. The van der Waals surface area contributed by atoms with Crippen LogP contribution in [0.15, 0.2) is 40.9 Å². The van der Waals surface area contributed by atoms with Gasteiger partial charge in [-0.05, 0) is 64.3 Å². The Morgan fingerprint density at radius 1 is 1.25 bits per heavy atom. The number of nitrogens with one attached hydrogen (secondary N) is 2. The number of amides is 1. The highest BCUT2D eigenvalue weighted by Crippen LogP contribution is 2.24. The Labute approximate surface area is 124 Å². The van der Waals surface area contributed by atoms with Gasteiger partial charge in [-0.25, -0.2) is 4.39 Å². The SMILES string of the molecule is O=C(Nc1ccc(Br)c(F)c1)c1ccc2c(c1)CCN2. The van der Waals surface area contributed by atoms with Crippen molar-refractivity contribution < 1.29 is 9.18 Å². The number of hydrogen-bond donors (Lipinski definition) is 2. The second-order valence-electron chi connectivity index (χ2n) is 4.63. The van der Waals surface area contributed by atoms with Crippen molar-refractivity contribution in [3.8, 4) is 0 Å². The van der Waals surface area contributed by atoms with Gasteiger partial charge in [0.2, 0.25) is 0 Å². The lowest BCUT2D eigenvalue weighted by Crippen LogP contribution is -2.12. The zero-order valence-corrected chi connectivity index (χ0v) is 12.1. The molecule has 20 heavy (non-hydrogen) atoms. The molecule has 0 aromatic heterocycles. The summed E-state index contributed by atoms with van der Waals surface area (Å²) in [7, 11) is 0. The van der Waals surface area contributed by atoms with Gasteiger partial charge in [-0.3, -0.25) is 4.79 Å². The number of anilines is 2. The highest BCUT2D eigenvalue weighted by atomic mass is 79.9. The Hall–Kier alpha value is -1.88. The van der Waals surface area contributed by atoms with Crippen molar-refractivity contribution in [2.24, 2.45) is 0 Å². The molecule has 0 aliphatic carbocycles. The summed E-state index contributed by atoms with van der Waals surface area (Å²) in [4.78, 5) is 12.1. The van der Waals surface area contributed by atoms with Gasteiger partial charge in [-0.1, -0.05) is 0 Å². The minimum absolute atomic E-state index is 0.235. The number of hydrogen-bond acceptors (Lipinski definition) is 2. The Morgan fingerprint density at radius 3 is 2.90 bits per heavy atom. The van der Waals surface area contributed by atoms with Crippen LogP contribution in [0.5, 0.6) is 0 Å². The lowest BCUT2D eigenvalue weighted by molar-refractivity contribution is 0.102. The van der Waals surface area contributed by atoms with Crippen molar-refractivity contribution in [1.29, 1.82) is 0 Å². The van der Waals surface area contributed by atoms with Gasteiger partial charge >= 0.3 is 0 Å². The topological polar surface area (TPSA) is 41.1 Å². The molecular weight excluding hydrogens is 323 g/mol. The minimum Gasteiger partial charge on any atom is -0.384 e. The average molecular weight is 335 g/mol. The zero-order valence-electron chi connectivity index (χ0n) is 10.5. The van der Waals surface area contributed by atoms with E-state index in [1.165, 1.54) is 6.07 Å². The largest absolute Gasteiger partial charge is 0.384 e. The fourth-order valence-electron chi connectivity index (χ4n) is 2.22. The standard InChI is InChI=1S/C15H12BrFN2O/c16-12-3-2-11(8-13(12)17)19-15(20)10-1-4-14-9(7-10)5-6-18-14/h1-4,7-8,18H,5-6H2,(H,19,20). The molecule has 5 heteroatoms. The van der Waals surface area contributed by atoms with Crippen molar-refractivity contribution in [2.75, 3.05) is 17.2 Å². The van der Waals surface area contributed by atoms with Gasteiger partial charge in [0.25, 0.3) is 5.91 Å². The van der Waals surface area contributed by atoms with Gasteiger partial charge in [-0.15, -0.1) is 0 Å². The van der Waals surface area contributed by atoms with Crippen LogP contribution in [0.25, 0.3) is 0 Å². The van der Waals surface area contributed by atoms with E-state index in [1.54, 1.807) is 18.2 Å². The van der Waals surface area contributed by atoms with E-state index in [0.717, 1.165) is 24.2 Å². The van der Waals surface area contributed by atoms with Gasteiger partial charge in [0.05, 0.1) is 4.47 Å². The Kier molecular flexibility index (Phi) is 3.44. The van der Waals surface area contributed by atoms with E-state index in [1.807, 2.05) is 12.1 Å². The molecule has 2 N–H and O–H groups in total.